The van der Waals surface area contributed by atoms with Crippen LogP contribution in [0.5, 0.6) is 0 Å². The Morgan fingerprint density at radius 3 is 2.71 bits per heavy atom. The van der Waals surface area contributed by atoms with Crippen LogP contribution in [-0.2, 0) is 0 Å². The highest BCUT2D eigenvalue weighted by Crippen LogP contribution is 2.14. The van der Waals surface area contributed by atoms with E-state index in [9.17, 15) is 5.11 Å². The Kier molecular flexibility index (Phi) is 4.11. The van der Waals surface area contributed by atoms with Crippen molar-refractivity contribution in [3.63, 3.8) is 0 Å². The van der Waals surface area contributed by atoms with Crippen LogP contribution in [0.2, 0.25) is 0 Å². The monoisotopic (exact) mass is 193 g/mol. The van der Waals surface area contributed by atoms with Crippen LogP contribution in [0.15, 0.2) is 24.3 Å². The standard InChI is InChI=1S/C12H19NO/c1-4-13(3)9-12(14)11-7-5-6-10(2)8-11/h5-8,12,14H,4,9H2,1-3H3. The van der Waals surface area contributed by atoms with E-state index in [2.05, 4.69) is 11.8 Å². The van der Waals surface area contributed by atoms with E-state index in [1.54, 1.807) is 0 Å². The number of likely N-dealkylation sites (N-methyl/N-ethyl adjacent to an activating group) is 1. The average Bonchev–Trinajstić information content (AvgIpc) is 2.17. The second-order valence-electron chi connectivity index (χ2n) is 3.78. The van der Waals surface area contributed by atoms with Gasteiger partial charge in [0, 0.05) is 6.54 Å². The van der Waals surface area contributed by atoms with Crippen LogP contribution in [0.25, 0.3) is 0 Å². The highest BCUT2D eigenvalue weighted by atomic mass is 16.3. The molecule has 0 radical (unpaired) electrons. The number of hydrogen-bond donors (Lipinski definition) is 1. The Hall–Kier alpha value is -0.860. The zero-order chi connectivity index (χ0) is 10.6. The number of aliphatic hydroxyl groups excluding tert-OH is 1. The molecule has 0 heterocycles. The first-order chi connectivity index (χ1) is 6.63. The van der Waals surface area contributed by atoms with Gasteiger partial charge in [-0.25, -0.2) is 0 Å². The van der Waals surface area contributed by atoms with Crippen molar-refractivity contribution >= 4 is 0 Å². The van der Waals surface area contributed by atoms with E-state index >= 15 is 0 Å². The molecule has 14 heavy (non-hydrogen) atoms. The molecule has 2 nitrogen and oxygen atoms in total. The van der Waals surface area contributed by atoms with Crippen molar-refractivity contribution in [3.05, 3.63) is 35.4 Å². The van der Waals surface area contributed by atoms with Crippen LogP contribution in [0.1, 0.15) is 24.2 Å². The highest BCUT2D eigenvalue weighted by Gasteiger charge is 2.09. The van der Waals surface area contributed by atoms with E-state index in [4.69, 9.17) is 0 Å². The largest absolute Gasteiger partial charge is 0.387 e. The van der Waals surface area contributed by atoms with Gasteiger partial charge in [-0.15, -0.1) is 0 Å². The van der Waals surface area contributed by atoms with Crippen LogP contribution >= 0.6 is 0 Å². The van der Waals surface area contributed by atoms with E-state index in [1.165, 1.54) is 5.56 Å². The molecule has 0 aliphatic heterocycles. The van der Waals surface area contributed by atoms with Crippen LogP contribution < -0.4 is 0 Å². The zero-order valence-corrected chi connectivity index (χ0v) is 9.20. The van der Waals surface area contributed by atoms with Crippen molar-refractivity contribution < 1.29 is 5.11 Å². The van der Waals surface area contributed by atoms with Crippen molar-refractivity contribution in [1.82, 2.24) is 4.90 Å². The molecule has 1 N–H and O–H groups in total. The average molecular weight is 193 g/mol. The van der Waals surface area contributed by atoms with Gasteiger partial charge >= 0.3 is 0 Å². The molecule has 78 valence electrons. The van der Waals surface area contributed by atoms with Crippen molar-refractivity contribution in [2.75, 3.05) is 20.1 Å². The van der Waals surface area contributed by atoms with Gasteiger partial charge in [-0.1, -0.05) is 36.8 Å². The predicted molar refractivity (Wildman–Crippen MR) is 59.3 cm³/mol. The molecule has 1 aromatic rings. The molecule has 0 saturated heterocycles. The third-order valence-corrected chi connectivity index (χ3v) is 2.45. The fourth-order valence-corrected chi connectivity index (χ4v) is 1.41. The first kappa shape index (κ1) is 11.2. The Morgan fingerprint density at radius 2 is 2.14 bits per heavy atom. The summed E-state index contributed by atoms with van der Waals surface area (Å²) in [5.74, 6) is 0. The molecule has 0 aliphatic rings. The summed E-state index contributed by atoms with van der Waals surface area (Å²) in [7, 11) is 2.01. The number of hydrogen-bond acceptors (Lipinski definition) is 2. The molecule has 0 amide bonds. The van der Waals surface area contributed by atoms with Crippen molar-refractivity contribution in [1.29, 1.82) is 0 Å². The third kappa shape index (κ3) is 3.13. The van der Waals surface area contributed by atoms with Crippen LogP contribution in [-0.4, -0.2) is 30.1 Å². The van der Waals surface area contributed by atoms with Crippen molar-refractivity contribution in [2.45, 2.75) is 20.0 Å². The molecule has 0 saturated carbocycles. The summed E-state index contributed by atoms with van der Waals surface area (Å²) in [6.45, 7) is 5.78. The summed E-state index contributed by atoms with van der Waals surface area (Å²) in [6, 6.07) is 8.04. The summed E-state index contributed by atoms with van der Waals surface area (Å²) in [4.78, 5) is 2.10. The van der Waals surface area contributed by atoms with Gasteiger partial charge in [-0.05, 0) is 26.1 Å². The number of rotatable bonds is 4. The van der Waals surface area contributed by atoms with E-state index in [-0.39, 0.29) is 6.10 Å². The molecular formula is C12H19NO. The van der Waals surface area contributed by atoms with Gasteiger partial charge in [-0.3, -0.25) is 0 Å². The molecular weight excluding hydrogens is 174 g/mol. The van der Waals surface area contributed by atoms with Gasteiger partial charge < -0.3 is 10.0 Å². The second-order valence-corrected chi connectivity index (χ2v) is 3.78. The van der Waals surface area contributed by atoms with Crippen LogP contribution in [0.3, 0.4) is 0 Å². The molecule has 0 aliphatic carbocycles. The lowest BCUT2D eigenvalue weighted by Crippen LogP contribution is -2.24. The third-order valence-electron chi connectivity index (χ3n) is 2.45. The predicted octanol–water partition coefficient (Wildman–Crippen LogP) is 1.98. The maximum absolute atomic E-state index is 9.90. The van der Waals surface area contributed by atoms with Crippen LogP contribution in [0, 0.1) is 6.92 Å². The maximum Gasteiger partial charge on any atom is 0.0916 e. The van der Waals surface area contributed by atoms with Gasteiger partial charge in [0.05, 0.1) is 6.10 Å². The minimum Gasteiger partial charge on any atom is -0.387 e. The number of nitrogens with zero attached hydrogens (tertiary/aromatic N) is 1. The number of aryl methyl sites for hydroxylation is 1. The van der Waals surface area contributed by atoms with E-state index in [0.717, 1.165) is 12.1 Å². The first-order valence-electron chi connectivity index (χ1n) is 5.06. The summed E-state index contributed by atoms with van der Waals surface area (Å²) in [6.07, 6.45) is -0.375. The van der Waals surface area contributed by atoms with Crippen molar-refractivity contribution in [3.8, 4) is 0 Å². The van der Waals surface area contributed by atoms with E-state index < -0.39 is 0 Å². The highest BCUT2D eigenvalue weighted by molar-refractivity contribution is 5.24. The second kappa shape index (κ2) is 5.13. The topological polar surface area (TPSA) is 23.5 Å². The maximum atomic E-state index is 9.90. The molecule has 1 atom stereocenters. The van der Waals surface area contributed by atoms with E-state index in [0.29, 0.717) is 6.54 Å². The molecule has 1 rings (SSSR count). The molecule has 0 fully saturated rings. The minimum absolute atomic E-state index is 0.375. The SMILES string of the molecule is CCN(C)CC(O)c1cccc(C)c1. The normalized spacial score (nSPS) is 13.2. The summed E-state index contributed by atoms with van der Waals surface area (Å²) in [5, 5.41) is 9.90. The smallest absolute Gasteiger partial charge is 0.0916 e. The molecule has 0 aromatic heterocycles. The quantitative estimate of drug-likeness (QED) is 0.790. The minimum atomic E-state index is -0.375. The first-order valence-corrected chi connectivity index (χ1v) is 5.06. The van der Waals surface area contributed by atoms with Gasteiger partial charge in [-0.2, -0.15) is 0 Å². The van der Waals surface area contributed by atoms with E-state index in [1.807, 2.05) is 38.2 Å². The molecule has 2 heteroatoms. The lowest BCUT2D eigenvalue weighted by molar-refractivity contribution is 0.129. The molecule has 0 bridgehead atoms. The zero-order valence-electron chi connectivity index (χ0n) is 9.20. The summed E-state index contributed by atoms with van der Waals surface area (Å²) < 4.78 is 0. The Balaban J connectivity index is 2.64. The number of aliphatic hydroxyl groups is 1. The fourth-order valence-electron chi connectivity index (χ4n) is 1.41. The van der Waals surface area contributed by atoms with Gasteiger partial charge in [0.1, 0.15) is 0 Å². The summed E-state index contributed by atoms with van der Waals surface area (Å²) in [5.41, 5.74) is 2.20. The lowest BCUT2D eigenvalue weighted by Gasteiger charge is -2.19. The molecule has 0 spiro atoms. The van der Waals surface area contributed by atoms with Crippen molar-refractivity contribution in [2.24, 2.45) is 0 Å². The molecule has 1 aromatic carbocycles. The Bertz CT molecular complexity index is 285. The Labute approximate surface area is 86.2 Å². The van der Waals surface area contributed by atoms with Gasteiger partial charge in [0.15, 0.2) is 0 Å². The lowest BCUT2D eigenvalue weighted by atomic mass is 10.1. The fraction of sp³-hybridized carbons (Fsp3) is 0.500. The molecule has 1 unspecified atom stereocenters. The Morgan fingerprint density at radius 1 is 1.43 bits per heavy atom. The van der Waals surface area contributed by atoms with Crippen LogP contribution in [0.4, 0.5) is 0 Å². The van der Waals surface area contributed by atoms with Gasteiger partial charge in [0.25, 0.3) is 0 Å². The summed E-state index contributed by atoms with van der Waals surface area (Å²) >= 11 is 0. The van der Waals surface area contributed by atoms with Gasteiger partial charge in [0.2, 0.25) is 0 Å². The number of benzene rings is 1.